The highest BCUT2D eigenvalue weighted by atomic mass is 14.0. The van der Waals surface area contributed by atoms with Gasteiger partial charge in [-0.3, -0.25) is 0 Å². The second-order valence-corrected chi connectivity index (χ2v) is 3.84. The Balaban J connectivity index is 3.05. The molecule has 0 fully saturated rings. The predicted molar refractivity (Wildman–Crippen MR) is 72.9 cm³/mol. The van der Waals surface area contributed by atoms with Gasteiger partial charge < -0.3 is 0 Å². The Hall–Kier alpha value is -1.40. The third-order valence-corrected chi connectivity index (χ3v) is 2.42. The van der Waals surface area contributed by atoms with Gasteiger partial charge in [0.05, 0.1) is 0 Å². The Bertz CT molecular complexity index is 237. The maximum Gasteiger partial charge on any atom is -0.0162 e. The van der Waals surface area contributed by atoms with Crippen LogP contribution in [0.3, 0.4) is 0 Å². The van der Waals surface area contributed by atoms with Crippen LogP contribution in [0.4, 0.5) is 0 Å². The van der Waals surface area contributed by atoms with Gasteiger partial charge in [-0.25, -0.2) is 0 Å². The molecule has 0 nitrogen and oxygen atoms in total. The van der Waals surface area contributed by atoms with Gasteiger partial charge in [0.15, 0.2) is 0 Å². The summed E-state index contributed by atoms with van der Waals surface area (Å²) in [5.74, 6) is 5.00. The lowest BCUT2D eigenvalue weighted by atomic mass is 10.1. The van der Waals surface area contributed by atoms with E-state index in [1.165, 1.54) is 38.5 Å². The molecule has 0 radical (unpaired) electrons. The van der Waals surface area contributed by atoms with Gasteiger partial charge in [0.25, 0.3) is 0 Å². The molecule has 0 atom stereocenters. The topological polar surface area (TPSA) is 0 Å². The monoisotopic (exact) mass is 214 g/mol. The molecule has 0 N–H and O–H groups in total. The summed E-state index contributed by atoms with van der Waals surface area (Å²) in [4.78, 5) is 0. The lowest BCUT2D eigenvalue weighted by molar-refractivity contribution is 0.600. The fourth-order valence-electron chi connectivity index (χ4n) is 1.53. The van der Waals surface area contributed by atoms with Crippen LogP contribution in [0.2, 0.25) is 0 Å². The lowest BCUT2D eigenvalue weighted by Crippen LogP contribution is -1.79. The molecule has 0 bridgehead atoms. The Kier molecular flexibility index (Phi) is 12.4. The van der Waals surface area contributed by atoms with Gasteiger partial charge in [-0.15, -0.1) is 12.8 Å². The second-order valence-electron chi connectivity index (χ2n) is 3.84. The van der Waals surface area contributed by atoms with Crippen LogP contribution in [0.25, 0.3) is 0 Å². The van der Waals surface area contributed by atoms with Crippen LogP contribution in [0, 0.1) is 24.7 Å². The third kappa shape index (κ3) is 12.6. The Labute approximate surface area is 101 Å². The number of unbranched alkanes of at least 4 members (excludes halogenated alkanes) is 7. The first-order chi connectivity index (χ1) is 7.91. The highest BCUT2D eigenvalue weighted by Gasteiger charge is 1.89. The van der Waals surface area contributed by atoms with E-state index in [0.717, 1.165) is 12.8 Å². The van der Waals surface area contributed by atoms with Gasteiger partial charge in [0.2, 0.25) is 0 Å². The minimum atomic E-state index is 1.12. The second kappa shape index (κ2) is 13.6. The largest absolute Gasteiger partial charge is 0.115 e. The van der Waals surface area contributed by atoms with E-state index in [1.807, 2.05) is 0 Å². The molecule has 0 aromatic rings. The van der Waals surface area contributed by atoms with Crippen LogP contribution in [0.15, 0.2) is 24.3 Å². The van der Waals surface area contributed by atoms with Gasteiger partial charge in [-0.1, -0.05) is 49.7 Å². The highest BCUT2D eigenvalue weighted by Crippen LogP contribution is 2.09. The van der Waals surface area contributed by atoms with Crippen molar-refractivity contribution < 1.29 is 0 Å². The number of allylic oxidation sites excluding steroid dienone is 4. The van der Waals surface area contributed by atoms with Crippen LogP contribution in [0.5, 0.6) is 0 Å². The average Bonchev–Trinajstić information content (AvgIpc) is 2.31. The summed E-state index contributed by atoms with van der Waals surface area (Å²) in [5, 5.41) is 0. The zero-order chi connectivity index (χ0) is 11.9. The normalized spacial score (nSPS) is 10.6. The number of rotatable bonds is 9. The van der Waals surface area contributed by atoms with Gasteiger partial charge in [-0.05, 0) is 37.8 Å². The molecule has 0 aliphatic heterocycles. The molecule has 0 heterocycles. The zero-order valence-corrected chi connectivity index (χ0v) is 10.1. The quantitative estimate of drug-likeness (QED) is 0.392. The molecule has 0 aliphatic rings. The van der Waals surface area contributed by atoms with Crippen LogP contribution in [-0.4, -0.2) is 0 Å². The van der Waals surface area contributed by atoms with E-state index in [9.17, 15) is 0 Å². The fourth-order valence-corrected chi connectivity index (χ4v) is 1.53. The van der Waals surface area contributed by atoms with E-state index >= 15 is 0 Å². The SMILES string of the molecule is C#CC=CCCCCCCCCC=CC#C. The standard InChI is InChI=1S/C16H22/c1-3-5-7-9-11-13-15-16-14-12-10-8-6-4-2/h1-2,5-8H,9-16H2. The van der Waals surface area contributed by atoms with Crippen LogP contribution >= 0.6 is 0 Å². The summed E-state index contributed by atoms with van der Waals surface area (Å²) in [6, 6.07) is 0. The predicted octanol–water partition coefficient (Wildman–Crippen LogP) is 4.49. The summed E-state index contributed by atoms with van der Waals surface area (Å²) >= 11 is 0. The van der Waals surface area contributed by atoms with Crippen molar-refractivity contribution in [2.75, 3.05) is 0 Å². The highest BCUT2D eigenvalue weighted by molar-refractivity contribution is 5.08. The summed E-state index contributed by atoms with van der Waals surface area (Å²) in [5.41, 5.74) is 0. The van der Waals surface area contributed by atoms with Crippen molar-refractivity contribution in [3.8, 4) is 24.7 Å². The number of hydrogen-bond acceptors (Lipinski definition) is 0. The summed E-state index contributed by atoms with van der Waals surface area (Å²) in [6.45, 7) is 0. The molecular weight excluding hydrogens is 192 g/mol. The first-order valence-electron chi connectivity index (χ1n) is 6.14. The maximum atomic E-state index is 5.10. The molecule has 0 amide bonds. The molecule has 0 saturated carbocycles. The smallest absolute Gasteiger partial charge is 0.0162 e. The van der Waals surface area contributed by atoms with Crippen molar-refractivity contribution in [1.29, 1.82) is 0 Å². The summed E-state index contributed by atoms with van der Waals surface area (Å²) in [6.07, 6.45) is 28.0. The van der Waals surface area contributed by atoms with Gasteiger partial charge >= 0.3 is 0 Å². The minimum Gasteiger partial charge on any atom is -0.115 e. The van der Waals surface area contributed by atoms with Gasteiger partial charge in [0.1, 0.15) is 0 Å². The molecule has 0 saturated heterocycles. The van der Waals surface area contributed by atoms with Crippen molar-refractivity contribution >= 4 is 0 Å². The van der Waals surface area contributed by atoms with E-state index in [2.05, 4.69) is 24.0 Å². The van der Waals surface area contributed by atoms with Crippen LogP contribution in [-0.2, 0) is 0 Å². The molecule has 0 heteroatoms. The lowest BCUT2D eigenvalue weighted by Gasteiger charge is -1.98. The van der Waals surface area contributed by atoms with E-state index < -0.39 is 0 Å². The van der Waals surface area contributed by atoms with Crippen LogP contribution in [0.1, 0.15) is 51.4 Å². The van der Waals surface area contributed by atoms with E-state index in [1.54, 1.807) is 12.2 Å². The Morgan fingerprint density at radius 2 is 1.00 bits per heavy atom. The third-order valence-electron chi connectivity index (χ3n) is 2.42. The molecule has 0 aliphatic carbocycles. The summed E-state index contributed by atoms with van der Waals surface area (Å²) < 4.78 is 0. The van der Waals surface area contributed by atoms with Gasteiger partial charge in [-0.2, -0.15) is 0 Å². The molecule has 0 unspecified atom stereocenters. The van der Waals surface area contributed by atoms with E-state index in [4.69, 9.17) is 12.8 Å². The molecule has 86 valence electrons. The molecule has 0 aromatic heterocycles. The van der Waals surface area contributed by atoms with Crippen molar-refractivity contribution in [1.82, 2.24) is 0 Å². The van der Waals surface area contributed by atoms with E-state index in [0.29, 0.717) is 0 Å². The average molecular weight is 214 g/mol. The molecule has 0 spiro atoms. The maximum absolute atomic E-state index is 5.10. The number of terminal acetylenes is 2. The van der Waals surface area contributed by atoms with Crippen molar-refractivity contribution in [3.05, 3.63) is 24.3 Å². The fraction of sp³-hybridized carbons (Fsp3) is 0.500. The zero-order valence-electron chi connectivity index (χ0n) is 10.1. The van der Waals surface area contributed by atoms with Crippen molar-refractivity contribution in [3.63, 3.8) is 0 Å². The first-order valence-corrected chi connectivity index (χ1v) is 6.14. The molecule has 0 rings (SSSR count). The molecule has 16 heavy (non-hydrogen) atoms. The van der Waals surface area contributed by atoms with E-state index in [-0.39, 0.29) is 0 Å². The first kappa shape index (κ1) is 14.6. The number of hydrogen-bond donors (Lipinski definition) is 0. The molecule has 0 aromatic carbocycles. The van der Waals surface area contributed by atoms with Crippen molar-refractivity contribution in [2.24, 2.45) is 0 Å². The Morgan fingerprint density at radius 1 is 0.625 bits per heavy atom. The molecular formula is C16H22. The van der Waals surface area contributed by atoms with Crippen molar-refractivity contribution in [2.45, 2.75) is 51.4 Å². The van der Waals surface area contributed by atoms with Crippen LogP contribution < -0.4 is 0 Å². The minimum absolute atomic E-state index is 1.12. The summed E-state index contributed by atoms with van der Waals surface area (Å²) in [7, 11) is 0. The van der Waals surface area contributed by atoms with Gasteiger partial charge in [0, 0.05) is 0 Å². The Morgan fingerprint density at radius 3 is 1.38 bits per heavy atom.